The number of halogens is 1. The van der Waals surface area contributed by atoms with Gasteiger partial charge in [-0.3, -0.25) is 4.79 Å². The Bertz CT molecular complexity index is 1130. The smallest absolute Gasteiger partial charge is 0.328 e. The van der Waals surface area contributed by atoms with Crippen LogP contribution >= 0.6 is 11.6 Å². The van der Waals surface area contributed by atoms with Crippen LogP contribution in [0.15, 0.2) is 60.7 Å². The van der Waals surface area contributed by atoms with Gasteiger partial charge < -0.3 is 14.9 Å². The zero-order chi connectivity index (χ0) is 21.1. The molecule has 1 aliphatic heterocycles. The number of fused-ring (bicyclic) bond motifs is 1. The molecule has 0 radical (unpaired) electrons. The minimum atomic E-state index is -1.14. The first-order valence-electron chi connectivity index (χ1n) is 9.49. The molecule has 4 rings (SSSR count). The Morgan fingerprint density at radius 2 is 1.70 bits per heavy atom. The lowest BCUT2D eigenvalue weighted by molar-refractivity contribution is -0.132. The number of amides is 1. The van der Waals surface area contributed by atoms with Crippen LogP contribution in [0.25, 0.3) is 22.2 Å². The lowest BCUT2D eigenvalue weighted by Crippen LogP contribution is -2.48. The van der Waals surface area contributed by atoms with Gasteiger partial charge in [0.2, 0.25) is 11.9 Å². The van der Waals surface area contributed by atoms with E-state index in [9.17, 15) is 9.59 Å². The van der Waals surface area contributed by atoms with Gasteiger partial charge in [-0.05, 0) is 18.2 Å². The Morgan fingerprint density at radius 1 is 0.967 bits per heavy atom. The van der Waals surface area contributed by atoms with Gasteiger partial charge in [-0.2, -0.15) is 0 Å². The van der Waals surface area contributed by atoms with Gasteiger partial charge in [0.25, 0.3) is 0 Å². The molecular weight excluding hydrogens is 404 g/mol. The van der Waals surface area contributed by atoms with Crippen molar-refractivity contribution in [3.05, 3.63) is 65.7 Å². The van der Waals surface area contributed by atoms with E-state index >= 15 is 0 Å². The normalized spacial score (nSPS) is 14.4. The number of aromatic nitrogens is 2. The summed E-state index contributed by atoms with van der Waals surface area (Å²) < 4.78 is 0. The summed E-state index contributed by atoms with van der Waals surface area (Å²) in [7, 11) is 0. The third-order valence-electron chi connectivity index (χ3n) is 4.94. The van der Waals surface area contributed by atoms with Crippen LogP contribution in [-0.2, 0) is 9.59 Å². The van der Waals surface area contributed by atoms with E-state index < -0.39 is 5.97 Å². The molecule has 2 heterocycles. The van der Waals surface area contributed by atoms with Gasteiger partial charge in [-0.1, -0.05) is 41.9 Å². The second-order valence-corrected chi connectivity index (χ2v) is 7.32. The fraction of sp³-hybridized carbons (Fsp3) is 0.182. The van der Waals surface area contributed by atoms with Crippen LogP contribution in [0, 0.1) is 0 Å². The quantitative estimate of drug-likeness (QED) is 0.649. The second-order valence-electron chi connectivity index (χ2n) is 6.88. The maximum atomic E-state index is 12.1. The van der Waals surface area contributed by atoms with E-state index in [0.29, 0.717) is 37.1 Å². The summed E-state index contributed by atoms with van der Waals surface area (Å²) in [4.78, 5) is 35.9. The molecule has 30 heavy (non-hydrogen) atoms. The molecule has 1 saturated heterocycles. The van der Waals surface area contributed by atoms with E-state index in [1.165, 1.54) is 0 Å². The molecule has 1 amide bonds. The van der Waals surface area contributed by atoms with E-state index in [1.807, 2.05) is 47.4 Å². The summed E-state index contributed by atoms with van der Waals surface area (Å²) in [5.41, 5.74) is 2.58. The fourth-order valence-corrected chi connectivity index (χ4v) is 3.59. The molecule has 0 atom stereocenters. The third-order valence-corrected chi connectivity index (χ3v) is 5.17. The maximum absolute atomic E-state index is 12.1. The number of carboxylic acid groups (broad SMARTS) is 1. The molecule has 1 fully saturated rings. The van der Waals surface area contributed by atoms with Crippen molar-refractivity contribution < 1.29 is 14.7 Å². The highest BCUT2D eigenvalue weighted by Gasteiger charge is 2.23. The van der Waals surface area contributed by atoms with Gasteiger partial charge >= 0.3 is 5.97 Å². The molecular formula is C22H19ClN4O3. The third kappa shape index (κ3) is 4.26. The maximum Gasteiger partial charge on any atom is 0.328 e. The van der Waals surface area contributed by atoms with Crippen LogP contribution in [0.4, 0.5) is 5.95 Å². The SMILES string of the molecule is O=C(O)C=CC(=O)N1CCN(c2nc(-c3ccccc3)c3cc(Cl)ccc3n2)CC1. The van der Waals surface area contributed by atoms with Crippen molar-refractivity contribution >= 4 is 40.3 Å². The first-order chi connectivity index (χ1) is 14.5. The Balaban J connectivity index is 1.62. The van der Waals surface area contributed by atoms with E-state index in [4.69, 9.17) is 26.7 Å². The monoisotopic (exact) mass is 422 g/mol. The van der Waals surface area contributed by atoms with Crippen molar-refractivity contribution in [1.29, 1.82) is 0 Å². The Labute approximate surface area is 178 Å². The number of carboxylic acids is 1. The highest BCUT2D eigenvalue weighted by atomic mass is 35.5. The van der Waals surface area contributed by atoms with Crippen molar-refractivity contribution in [2.24, 2.45) is 0 Å². The number of hydrogen-bond donors (Lipinski definition) is 1. The number of rotatable bonds is 4. The van der Waals surface area contributed by atoms with Crippen LogP contribution in [0.3, 0.4) is 0 Å². The van der Waals surface area contributed by atoms with Crippen LogP contribution in [0.5, 0.6) is 0 Å². The number of anilines is 1. The molecule has 0 aliphatic carbocycles. The number of carbonyl (C=O) groups is 2. The summed E-state index contributed by atoms with van der Waals surface area (Å²) in [6.07, 6.45) is 1.94. The summed E-state index contributed by atoms with van der Waals surface area (Å²) in [5, 5.41) is 10.2. The highest BCUT2D eigenvalue weighted by Crippen LogP contribution is 2.30. The van der Waals surface area contributed by atoms with Crippen LogP contribution in [0.2, 0.25) is 5.02 Å². The molecule has 0 unspecified atom stereocenters. The molecule has 8 heteroatoms. The second kappa shape index (κ2) is 8.51. The topological polar surface area (TPSA) is 86.6 Å². The molecule has 7 nitrogen and oxygen atoms in total. The number of benzene rings is 2. The summed E-state index contributed by atoms with van der Waals surface area (Å²) in [6.45, 7) is 2.04. The van der Waals surface area contributed by atoms with Crippen LogP contribution in [-0.4, -0.2) is 58.0 Å². The standard InChI is InChI=1S/C22H19ClN4O3/c23-16-6-7-18-17(14-16)21(15-4-2-1-3-5-15)25-22(24-18)27-12-10-26(11-13-27)19(28)8-9-20(29)30/h1-9,14H,10-13H2,(H,29,30). The zero-order valence-electron chi connectivity index (χ0n) is 16.0. The van der Waals surface area contributed by atoms with Gasteiger partial charge in [0.05, 0.1) is 11.2 Å². The Kier molecular flexibility index (Phi) is 5.63. The van der Waals surface area contributed by atoms with Gasteiger partial charge in [0.15, 0.2) is 0 Å². The first kappa shape index (κ1) is 19.8. The zero-order valence-corrected chi connectivity index (χ0v) is 16.8. The minimum absolute atomic E-state index is 0.309. The highest BCUT2D eigenvalue weighted by molar-refractivity contribution is 6.31. The van der Waals surface area contributed by atoms with E-state index in [-0.39, 0.29) is 5.91 Å². The number of nitrogens with zero attached hydrogens (tertiary/aromatic N) is 4. The molecule has 3 aromatic rings. The molecule has 2 aromatic carbocycles. The van der Waals surface area contributed by atoms with E-state index in [1.54, 1.807) is 11.0 Å². The van der Waals surface area contributed by atoms with Crippen molar-refractivity contribution in [2.45, 2.75) is 0 Å². The first-order valence-corrected chi connectivity index (χ1v) is 9.86. The average molecular weight is 423 g/mol. The predicted octanol–water partition coefficient (Wildman–Crippen LogP) is 3.24. The van der Waals surface area contributed by atoms with Gasteiger partial charge in [-0.15, -0.1) is 0 Å². The Hall–Kier alpha value is -3.45. The van der Waals surface area contributed by atoms with Crippen molar-refractivity contribution in [1.82, 2.24) is 14.9 Å². The predicted molar refractivity (Wildman–Crippen MR) is 116 cm³/mol. The summed E-state index contributed by atoms with van der Waals surface area (Å²) in [6, 6.07) is 15.4. The molecule has 0 bridgehead atoms. The molecule has 0 saturated carbocycles. The van der Waals surface area contributed by atoms with Crippen molar-refractivity contribution in [2.75, 3.05) is 31.1 Å². The van der Waals surface area contributed by atoms with E-state index in [2.05, 4.69) is 0 Å². The Morgan fingerprint density at radius 3 is 2.40 bits per heavy atom. The lowest BCUT2D eigenvalue weighted by atomic mass is 10.1. The number of carbonyl (C=O) groups excluding carboxylic acids is 1. The molecule has 0 spiro atoms. The molecule has 1 N–H and O–H groups in total. The van der Waals surface area contributed by atoms with Crippen LogP contribution < -0.4 is 4.90 Å². The van der Waals surface area contributed by atoms with Crippen molar-refractivity contribution in [3.8, 4) is 11.3 Å². The number of piperazine rings is 1. The minimum Gasteiger partial charge on any atom is -0.478 e. The van der Waals surface area contributed by atoms with Gasteiger partial charge in [0, 0.05) is 54.3 Å². The van der Waals surface area contributed by atoms with Crippen molar-refractivity contribution in [3.63, 3.8) is 0 Å². The fourth-order valence-electron chi connectivity index (χ4n) is 3.42. The largest absolute Gasteiger partial charge is 0.478 e. The van der Waals surface area contributed by atoms with Crippen LogP contribution in [0.1, 0.15) is 0 Å². The van der Waals surface area contributed by atoms with Gasteiger partial charge in [-0.25, -0.2) is 14.8 Å². The summed E-state index contributed by atoms with van der Waals surface area (Å²) >= 11 is 6.21. The number of hydrogen-bond acceptors (Lipinski definition) is 5. The lowest BCUT2D eigenvalue weighted by Gasteiger charge is -2.34. The molecule has 152 valence electrons. The average Bonchev–Trinajstić information content (AvgIpc) is 2.77. The van der Waals surface area contributed by atoms with E-state index in [0.717, 1.165) is 34.3 Å². The van der Waals surface area contributed by atoms with Gasteiger partial charge in [0.1, 0.15) is 0 Å². The molecule has 1 aromatic heterocycles. The number of aliphatic carboxylic acids is 1. The molecule has 1 aliphatic rings. The summed E-state index contributed by atoms with van der Waals surface area (Å²) in [5.74, 6) is -0.854.